The van der Waals surface area contributed by atoms with Crippen molar-refractivity contribution in [2.75, 3.05) is 7.11 Å². The lowest BCUT2D eigenvalue weighted by molar-refractivity contribution is -0.137. The molecule has 0 atom stereocenters. The Morgan fingerprint density at radius 3 is 2.56 bits per heavy atom. The molecule has 0 saturated carbocycles. The third-order valence-electron chi connectivity index (χ3n) is 3.05. The van der Waals surface area contributed by atoms with Crippen molar-refractivity contribution in [3.8, 4) is 5.88 Å². The summed E-state index contributed by atoms with van der Waals surface area (Å²) in [6.07, 6.45) is -4.05. The summed E-state index contributed by atoms with van der Waals surface area (Å²) >= 11 is 5.89. The van der Waals surface area contributed by atoms with E-state index in [1.165, 1.54) is 17.9 Å². The summed E-state index contributed by atoms with van der Waals surface area (Å²) in [5.74, 6) is -0.493. The molecule has 0 aliphatic heterocycles. The fourth-order valence-electron chi connectivity index (χ4n) is 1.96. The van der Waals surface area contributed by atoms with Gasteiger partial charge in [-0.2, -0.15) is 13.2 Å². The quantitative estimate of drug-likeness (QED) is 0.745. The minimum atomic E-state index is -4.55. The zero-order valence-corrected chi connectivity index (χ0v) is 14.4. The molecule has 0 N–H and O–H groups in total. The van der Waals surface area contributed by atoms with E-state index in [0.29, 0.717) is 6.20 Å². The number of hydrogen-bond acceptors (Lipinski definition) is 5. The van der Waals surface area contributed by atoms with Crippen LogP contribution in [-0.4, -0.2) is 33.9 Å². The summed E-state index contributed by atoms with van der Waals surface area (Å²) in [7, 11) is 1.20. The topological polar surface area (TPSA) is 66.2 Å². The van der Waals surface area contributed by atoms with Crippen LogP contribution >= 0.6 is 11.6 Å². The number of nitrogens with zero attached hydrogens (tertiary/aromatic N) is 3. The maximum absolute atomic E-state index is 12.7. The highest BCUT2D eigenvalue weighted by molar-refractivity contribution is 6.31. The smallest absolute Gasteiger partial charge is 0.417 e. The van der Waals surface area contributed by atoms with E-state index < -0.39 is 17.7 Å². The average Bonchev–Trinajstić information content (AvgIpc) is 2.89. The van der Waals surface area contributed by atoms with Gasteiger partial charge in [0.15, 0.2) is 5.69 Å². The van der Waals surface area contributed by atoms with Gasteiger partial charge in [-0.05, 0) is 19.9 Å². The number of esters is 1. The van der Waals surface area contributed by atoms with Gasteiger partial charge in [-0.15, -0.1) is 5.10 Å². The molecule has 136 valence electrons. The van der Waals surface area contributed by atoms with Gasteiger partial charge in [0.2, 0.25) is 5.88 Å². The first-order chi connectivity index (χ1) is 11.6. The molecule has 2 aromatic rings. The Balaban J connectivity index is 2.35. The number of methoxy groups -OCH3 is 1. The zero-order valence-electron chi connectivity index (χ0n) is 13.6. The van der Waals surface area contributed by atoms with Gasteiger partial charge >= 0.3 is 12.1 Å². The molecule has 0 amide bonds. The number of aromatic nitrogens is 3. The third kappa shape index (κ3) is 4.62. The van der Waals surface area contributed by atoms with Crippen molar-refractivity contribution in [1.29, 1.82) is 0 Å². The molecule has 2 heterocycles. The molecule has 0 aromatic carbocycles. The summed E-state index contributed by atoms with van der Waals surface area (Å²) < 4.78 is 49.3. The fraction of sp³-hybridized carbons (Fsp3) is 0.400. The molecular weight excluding hydrogens is 363 g/mol. The summed E-state index contributed by atoms with van der Waals surface area (Å²) in [4.78, 5) is 15.6. The monoisotopic (exact) mass is 377 g/mol. The van der Waals surface area contributed by atoms with Crippen LogP contribution in [0.25, 0.3) is 0 Å². The van der Waals surface area contributed by atoms with Crippen LogP contribution in [0.5, 0.6) is 5.88 Å². The van der Waals surface area contributed by atoms with Gasteiger partial charge in [-0.25, -0.2) is 9.48 Å². The molecule has 2 aromatic heterocycles. The van der Waals surface area contributed by atoms with Crippen LogP contribution < -0.4 is 4.74 Å². The van der Waals surface area contributed by atoms with Crippen molar-refractivity contribution in [1.82, 2.24) is 14.8 Å². The van der Waals surface area contributed by atoms with Crippen molar-refractivity contribution >= 4 is 17.6 Å². The minimum Gasteiger partial charge on any atom is -0.474 e. The fourth-order valence-corrected chi connectivity index (χ4v) is 2.19. The highest BCUT2D eigenvalue weighted by Crippen LogP contribution is 2.31. The molecular formula is C15H15ClF3N3O3. The summed E-state index contributed by atoms with van der Waals surface area (Å²) in [5.41, 5.74) is -0.770. The first-order valence-electron chi connectivity index (χ1n) is 7.16. The largest absolute Gasteiger partial charge is 0.474 e. The van der Waals surface area contributed by atoms with Crippen LogP contribution in [0.2, 0.25) is 5.02 Å². The molecule has 0 aliphatic carbocycles. The van der Waals surface area contributed by atoms with E-state index in [1.807, 2.05) is 0 Å². The number of carbonyl (C=O) groups is 1. The van der Waals surface area contributed by atoms with Gasteiger partial charge in [0.1, 0.15) is 0 Å². The number of alkyl halides is 3. The van der Waals surface area contributed by atoms with E-state index in [1.54, 1.807) is 13.8 Å². The lowest BCUT2D eigenvalue weighted by Crippen LogP contribution is -2.14. The maximum Gasteiger partial charge on any atom is 0.417 e. The lowest BCUT2D eigenvalue weighted by Gasteiger charge is -2.10. The summed E-state index contributed by atoms with van der Waals surface area (Å²) in [5, 5.41) is 3.91. The number of halogens is 4. The third-order valence-corrected chi connectivity index (χ3v) is 3.38. The molecule has 0 bridgehead atoms. The molecule has 0 radical (unpaired) electrons. The van der Waals surface area contributed by atoms with Crippen molar-refractivity contribution < 1.29 is 27.4 Å². The second-order valence-corrected chi connectivity index (χ2v) is 5.74. The summed E-state index contributed by atoms with van der Waals surface area (Å²) in [6.45, 7) is 3.44. The number of hydrogen-bond donors (Lipinski definition) is 0. The Bertz CT molecular complexity index is 775. The van der Waals surface area contributed by atoms with Crippen molar-refractivity contribution in [3.05, 3.63) is 40.3 Å². The van der Waals surface area contributed by atoms with Gasteiger partial charge in [-0.1, -0.05) is 11.6 Å². The normalized spacial score (nSPS) is 11.7. The molecule has 0 fully saturated rings. The first-order valence-corrected chi connectivity index (χ1v) is 7.54. The van der Waals surface area contributed by atoms with Crippen LogP contribution in [0.15, 0.2) is 18.3 Å². The van der Waals surface area contributed by atoms with E-state index in [4.69, 9.17) is 16.3 Å². The zero-order chi connectivity index (χ0) is 18.8. The van der Waals surface area contributed by atoms with Crippen LogP contribution in [0.1, 0.15) is 35.6 Å². The Kier molecular flexibility index (Phi) is 5.56. The van der Waals surface area contributed by atoms with Crippen LogP contribution in [-0.2, 0) is 17.5 Å². The van der Waals surface area contributed by atoms with Gasteiger partial charge < -0.3 is 9.47 Å². The minimum absolute atomic E-state index is 0.0657. The standard InChI is InChI=1S/C15H15ClF3N3O3/c1-8(2)25-13-5-12(14(23)24-3)22(21-13)7-11-10(16)4-9(6-20-11)15(17,18)19/h4-6,8H,7H2,1-3H3. The van der Waals surface area contributed by atoms with Crippen LogP contribution in [0.3, 0.4) is 0 Å². The van der Waals surface area contributed by atoms with E-state index in [9.17, 15) is 18.0 Å². The van der Waals surface area contributed by atoms with Crippen molar-refractivity contribution in [3.63, 3.8) is 0 Å². The average molecular weight is 378 g/mol. The van der Waals surface area contributed by atoms with E-state index in [-0.39, 0.29) is 34.9 Å². The predicted molar refractivity (Wildman–Crippen MR) is 82.7 cm³/mol. The first kappa shape index (κ1) is 19.0. The second kappa shape index (κ2) is 7.30. The van der Waals surface area contributed by atoms with E-state index in [2.05, 4.69) is 14.8 Å². The molecule has 2 rings (SSSR count). The Hall–Kier alpha value is -2.29. The molecule has 0 spiro atoms. The van der Waals surface area contributed by atoms with Crippen molar-refractivity contribution in [2.45, 2.75) is 32.7 Å². The molecule has 10 heteroatoms. The van der Waals surface area contributed by atoms with Gasteiger partial charge in [0, 0.05) is 12.3 Å². The molecule has 6 nitrogen and oxygen atoms in total. The van der Waals surface area contributed by atoms with Gasteiger partial charge in [0.05, 0.1) is 36.0 Å². The summed E-state index contributed by atoms with van der Waals surface area (Å²) in [6, 6.07) is 2.15. The number of pyridine rings is 1. The molecule has 0 unspecified atom stereocenters. The molecule has 25 heavy (non-hydrogen) atoms. The second-order valence-electron chi connectivity index (χ2n) is 5.33. The van der Waals surface area contributed by atoms with Gasteiger partial charge in [0.25, 0.3) is 0 Å². The Morgan fingerprint density at radius 1 is 1.36 bits per heavy atom. The predicted octanol–water partition coefficient (Wildman–Crippen LogP) is 3.57. The molecule has 0 saturated heterocycles. The number of ether oxygens (including phenoxy) is 2. The highest BCUT2D eigenvalue weighted by atomic mass is 35.5. The maximum atomic E-state index is 12.7. The van der Waals surface area contributed by atoms with Crippen LogP contribution in [0, 0.1) is 0 Å². The Labute approximate surface area is 146 Å². The lowest BCUT2D eigenvalue weighted by atomic mass is 10.2. The molecule has 0 aliphatic rings. The van der Waals surface area contributed by atoms with Crippen LogP contribution in [0.4, 0.5) is 13.2 Å². The van der Waals surface area contributed by atoms with E-state index >= 15 is 0 Å². The van der Waals surface area contributed by atoms with Gasteiger partial charge in [-0.3, -0.25) is 4.98 Å². The van der Waals surface area contributed by atoms with E-state index in [0.717, 1.165) is 6.07 Å². The SMILES string of the molecule is COC(=O)c1cc(OC(C)C)nn1Cc1ncc(C(F)(F)F)cc1Cl. The number of rotatable bonds is 5. The number of carbonyl (C=O) groups excluding carboxylic acids is 1. The highest BCUT2D eigenvalue weighted by Gasteiger charge is 2.31. The Morgan fingerprint density at radius 2 is 2.04 bits per heavy atom. The van der Waals surface area contributed by atoms with Crippen molar-refractivity contribution in [2.24, 2.45) is 0 Å².